The maximum Gasteiger partial charge on any atom is 0.341 e. The average molecular weight is 533 g/mol. The van der Waals surface area contributed by atoms with Crippen molar-refractivity contribution in [3.05, 3.63) is 99.1 Å². The molecular weight excluding hydrogens is 507 g/mol. The van der Waals surface area contributed by atoms with Crippen LogP contribution in [0.3, 0.4) is 0 Å². The van der Waals surface area contributed by atoms with Gasteiger partial charge in [-0.3, -0.25) is 4.79 Å². The van der Waals surface area contributed by atoms with Gasteiger partial charge in [0.25, 0.3) is 0 Å². The molecule has 1 N–H and O–H groups in total. The number of halogens is 1. The van der Waals surface area contributed by atoms with E-state index in [1.807, 2.05) is 19.9 Å². The van der Waals surface area contributed by atoms with Gasteiger partial charge in [-0.15, -0.1) is 0 Å². The van der Waals surface area contributed by atoms with Crippen LogP contribution in [0.15, 0.2) is 70.5 Å². The number of fused-ring (bicyclic) bond motifs is 2. The number of aryl methyl sites for hydroxylation is 1. The van der Waals surface area contributed by atoms with E-state index in [0.29, 0.717) is 11.1 Å². The number of hydrogen-bond acceptors (Lipinski definition) is 4. The van der Waals surface area contributed by atoms with Crippen LogP contribution in [0.5, 0.6) is 0 Å². The number of aromatic carboxylic acids is 1. The van der Waals surface area contributed by atoms with E-state index >= 15 is 4.39 Å². The Bertz CT molecular complexity index is 1810. The summed E-state index contributed by atoms with van der Waals surface area (Å²) in [7, 11) is -3.74. The molecule has 0 bridgehead atoms. The Morgan fingerprint density at radius 1 is 1.05 bits per heavy atom. The summed E-state index contributed by atoms with van der Waals surface area (Å²) < 4.78 is 45.4. The van der Waals surface area contributed by atoms with Gasteiger partial charge in [-0.2, -0.15) is 4.31 Å². The fraction of sp³-hybridized carbons (Fsp3) is 0.241. The maximum atomic E-state index is 15.4. The van der Waals surface area contributed by atoms with Crippen molar-refractivity contribution in [2.75, 3.05) is 0 Å². The molecule has 7 nitrogen and oxygen atoms in total. The summed E-state index contributed by atoms with van der Waals surface area (Å²) >= 11 is 0. The van der Waals surface area contributed by atoms with Crippen LogP contribution in [0.2, 0.25) is 0 Å². The number of nitrogens with zero attached hydrogens (tertiary/aromatic N) is 2. The SMILES string of the molecule is Cc1ccc(S(=O)(=O)N2Cc3ccc(-c4cc5c(cc4F)c(=O)c(C(=O)O)cn5C4CC4)cc3C2C)cc1. The number of aromatic nitrogens is 1. The van der Waals surface area contributed by atoms with E-state index in [1.165, 1.54) is 10.5 Å². The Balaban J connectivity index is 1.43. The van der Waals surface area contributed by atoms with Crippen molar-refractivity contribution in [1.82, 2.24) is 8.87 Å². The Labute approximate surface area is 218 Å². The topological polar surface area (TPSA) is 96.7 Å². The third-order valence-electron chi connectivity index (χ3n) is 7.58. The van der Waals surface area contributed by atoms with E-state index in [1.54, 1.807) is 47.0 Å². The molecule has 1 unspecified atom stereocenters. The van der Waals surface area contributed by atoms with Crippen molar-refractivity contribution in [2.45, 2.75) is 50.2 Å². The van der Waals surface area contributed by atoms with Crippen LogP contribution < -0.4 is 5.43 Å². The second-order valence-electron chi connectivity index (χ2n) is 10.1. The van der Waals surface area contributed by atoms with Gasteiger partial charge >= 0.3 is 5.97 Å². The molecule has 1 saturated carbocycles. The van der Waals surface area contributed by atoms with Gasteiger partial charge < -0.3 is 9.67 Å². The van der Waals surface area contributed by atoms with Crippen LogP contribution in [0.25, 0.3) is 22.0 Å². The molecule has 0 saturated heterocycles. The molecule has 2 heterocycles. The lowest BCUT2D eigenvalue weighted by molar-refractivity contribution is 0.0694. The fourth-order valence-electron chi connectivity index (χ4n) is 5.29. The largest absolute Gasteiger partial charge is 0.477 e. The highest BCUT2D eigenvalue weighted by molar-refractivity contribution is 7.89. The van der Waals surface area contributed by atoms with Crippen molar-refractivity contribution in [3.8, 4) is 11.1 Å². The van der Waals surface area contributed by atoms with Crippen LogP contribution >= 0.6 is 0 Å². The van der Waals surface area contributed by atoms with E-state index < -0.39 is 33.3 Å². The molecule has 4 aromatic rings. The zero-order chi connectivity index (χ0) is 26.9. The molecule has 3 aromatic carbocycles. The first-order chi connectivity index (χ1) is 18.1. The van der Waals surface area contributed by atoms with Gasteiger partial charge in [0.2, 0.25) is 15.5 Å². The number of benzene rings is 3. The minimum absolute atomic E-state index is 0.0305. The second kappa shape index (κ2) is 8.61. The molecular formula is C29H25FN2O5S. The molecule has 0 radical (unpaired) electrons. The maximum absolute atomic E-state index is 15.4. The molecule has 38 heavy (non-hydrogen) atoms. The summed E-state index contributed by atoms with van der Waals surface area (Å²) in [4.78, 5) is 24.7. The molecule has 1 aromatic heterocycles. The van der Waals surface area contributed by atoms with E-state index in [4.69, 9.17) is 0 Å². The predicted octanol–water partition coefficient (Wildman–Crippen LogP) is 5.41. The van der Waals surface area contributed by atoms with Crippen molar-refractivity contribution in [3.63, 3.8) is 0 Å². The van der Waals surface area contributed by atoms with Crippen molar-refractivity contribution < 1.29 is 22.7 Å². The van der Waals surface area contributed by atoms with Crippen LogP contribution in [-0.4, -0.2) is 28.4 Å². The number of carboxylic acid groups (broad SMARTS) is 1. The number of rotatable bonds is 5. The summed E-state index contributed by atoms with van der Waals surface area (Å²) in [5.74, 6) is -1.98. The summed E-state index contributed by atoms with van der Waals surface area (Å²) in [6, 6.07) is 14.4. The average Bonchev–Trinajstić information content (AvgIpc) is 3.67. The molecule has 1 aliphatic carbocycles. The molecule has 2 aliphatic rings. The highest BCUT2D eigenvalue weighted by Crippen LogP contribution is 2.41. The number of sulfonamides is 1. The lowest BCUT2D eigenvalue weighted by atomic mass is 9.96. The van der Waals surface area contributed by atoms with Crippen molar-refractivity contribution >= 4 is 26.9 Å². The normalized spacial score (nSPS) is 17.6. The number of pyridine rings is 1. The molecule has 0 spiro atoms. The van der Waals surface area contributed by atoms with Gasteiger partial charge in [0.05, 0.1) is 10.4 Å². The van der Waals surface area contributed by atoms with Gasteiger partial charge in [-0.1, -0.05) is 29.8 Å². The minimum Gasteiger partial charge on any atom is -0.477 e. The summed E-state index contributed by atoms with van der Waals surface area (Å²) in [6.07, 6.45) is 3.06. The van der Waals surface area contributed by atoms with E-state index in [9.17, 15) is 23.1 Å². The zero-order valence-corrected chi connectivity index (χ0v) is 21.6. The predicted molar refractivity (Wildman–Crippen MR) is 141 cm³/mol. The molecule has 0 amide bonds. The molecule has 6 rings (SSSR count). The van der Waals surface area contributed by atoms with Crippen LogP contribution in [0.4, 0.5) is 4.39 Å². The van der Waals surface area contributed by atoms with Gasteiger partial charge in [0.15, 0.2) is 0 Å². The first-order valence-corrected chi connectivity index (χ1v) is 13.8. The first-order valence-electron chi connectivity index (χ1n) is 12.4. The first kappa shape index (κ1) is 24.5. The van der Waals surface area contributed by atoms with E-state index in [0.717, 1.165) is 35.6 Å². The lowest BCUT2D eigenvalue weighted by Gasteiger charge is -2.21. The number of carboxylic acids is 1. The van der Waals surface area contributed by atoms with Crippen molar-refractivity contribution in [1.29, 1.82) is 0 Å². The number of carbonyl (C=O) groups is 1. The Morgan fingerprint density at radius 3 is 2.42 bits per heavy atom. The molecule has 9 heteroatoms. The molecule has 1 fully saturated rings. The van der Waals surface area contributed by atoms with Gasteiger partial charge in [0.1, 0.15) is 11.4 Å². The molecule has 1 aliphatic heterocycles. The third-order valence-corrected chi connectivity index (χ3v) is 9.52. The monoisotopic (exact) mass is 532 g/mol. The van der Waals surface area contributed by atoms with Gasteiger partial charge in [0, 0.05) is 35.8 Å². The van der Waals surface area contributed by atoms with Crippen molar-refractivity contribution in [2.24, 2.45) is 0 Å². The number of hydrogen-bond donors (Lipinski definition) is 1. The fourth-order valence-corrected chi connectivity index (χ4v) is 6.88. The Kier molecular flexibility index (Phi) is 5.55. The quantitative estimate of drug-likeness (QED) is 0.371. The Hall–Kier alpha value is -3.82. The summed E-state index contributed by atoms with van der Waals surface area (Å²) in [5, 5.41) is 9.51. The zero-order valence-electron chi connectivity index (χ0n) is 20.8. The lowest BCUT2D eigenvalue weighted by Crippen LogP contribution is -2.28. The van der Waals surface area contributed by atoms with Gasteiger partial charge in [-0.25, -0.2) is 17.6 Å². The van der Waals surface area contributed by atoms with E-state index in [2.05, 4.69) is 0 Å². The molecule has 194 valence electrons. The smallest absolute Gasteiger partial charge is 0.341 e. The summed E-state index contributed by atoms with van der Waals surface area (Å²) in [6.45, 7) is 3.93. The highest BCUT2D eigenvalue weighted by atomic mass is 32.2. The van der Waals surface area contributed by atoms with Crippen LogP contribution in [-0.2, 0) is 16.6 Å². The third kappa shape index (κ3) is 3.85. The second-order valence-corrected chi connectivity index (χ2v) is 12.0. The van der Waals surface area contributed by atoms with E-state index in [-0.39, 0.29) is 34.0 Å². The highest BCUT2D eigenvalue weighted by Gasteiger charge is 2.36. The Morgan fingerprint density at radius 2 is 1.76 bits per heavy atom. The summed E-state index contributed by atoms with van der Waals surface area (Å²) in [5.41, 5.74) is 2.82. The molecule has 1 atom stereocenters. The van der Waals surface area contributed by atoms with Crippen LogP contribution in [0, 0.1) is 12.7 Å². The minimum atomic E-state index is -3.74. The van der Waals surface area contributed by atoms with Crippen LogP contribution in [0.1, 0.15) is 58.9 Å². The standard InChI is InChI=1S/C29H25FN2O5S/c1-16-3-9-21(10-4-16)38(36,37)32-14-19-6-5-18(11-22(19)17(32)2)23-13-27-24(12-26(23)30)28(33)25(29(34)35)15-31(27)20-7-8-20/h3-6,9-13,15,17,20H,7-8,14H2,1-2H3,(H,34,35). The van der Waals surface area contributed by atoms with Gasteiger partial charge in [-0.05, 0) is 73.7 Å².